The Morgan fingerprint density at radius 3 is 2.58 bits per heavy atom. The molecule has 0 spiro atoms. The van der Waals surface area contributed by atoms with Crippen LogP contribution < -0.4 is 5.32 Å². The summed E-state index contributed by atoms with van der Waals surface area (Å²) in [4.78, 5) is 24.8. The maximum Gasteiger partial charge on any atom is 0.317 e. The lowest BCUT2D eigenvalue weighted by Crippen LogP contribution is -2.49. The number of nitrogens with zero attached hydrogens (tertiary/aromatic N) is 1. The fourth-order valence-electron chi connectivity index (χ4n) is 2.26. The van der Waals surface area contributed by atoms with Crippen molar-refractivity contribution in [2.75, 3.05) is 19.7 Å². The molecule has 1 heterocycles. The average molecular weight is 272 g/mol. The Balaban J connectivity index is 2.58. The van der Waals surface area contributed by atoms with Crippen LogP contribution in [0.3, 0.4) is 0 Å². The fourth-order valence-corrected chi connectivity index (χ4v) is 2.26. The highest BCUT2D eigenvalue weighted by Gasteiger charge is 2.36. The molecule has 19 heavy (non-hydrogen) atoms. The minimum atomic E-state index is -0.949. The molecule has 110 valence electrons. The molecule has 3 unspecified atom stereocenters. The van der Waals surface area contributed by atoms with Crippen molar-refractivity contribution in [3.05, 3.63) is 0 Å². The standard InChI is InChI=1S/C13H24N2O4/c1-4-13(3,11(17)18)8-14-12(19)15-6-5-9(2)10(15)7-16/h9-10,16H,4-8H2,1-3H3,(H,14,19)(H,17,18). The van der Waals surface area contributed by atoms with Gasteiger partial charge in [0.15, 0.2) is 0 Å². The fraction of sp³-hybridized carbons (Fsp3) is 0.846. The zero-order chi connectivity index (χ0) is 14.6. The molecule has 3 atom stereocenters. The van der Waals surface area contributed by atoms with Crippen LogP contribution in [0.1, 0.15) is 33.6 Å². The largest absolute Gasteiger partial charge is 0.481 e. The minimum absolute atomic E-state index is 0.0570. The quantitative estimate of drug-likeness (QED) is 0.693. The number of amides is 2. The molecule has 0 aromatic heterocycles. The third kappa shape index (κ3) is 3.37. The summed E-state index contributed by atoms with van der Waals surface area (Å²) in [5, 5.41) is 21.1. The molecule has 1 aliphatic heterocycles. The van der Waals surface area contributed by atoms with Crippen molar-refractivity contribution in [1.82, 2.24) is 10.2 Å². The van der Waals surface area contributed by atoms with E-state index in [0.717, 1.165) is 6.42 Å². The molecule has 0 saturated carbocycles. The summed E-state index contributed by atoms with van der Waals surface area (Å²) < 4.78 is 0. The van der Waals surface area contributed by atoms with Gasteiger partial charge >= 0.3 is 12.0 Å². The number of aliphatic carboxylic acids is 1. The Morgan fingerprint density at radius 1 is 1.47 bits per heavy atom. The van der Waals surface area contributed by atoms with Crippen molar-refractivity contribution in [2.45, 2.75) is 39.7 Å². The summed E-state index contributed by atoms with van der Waals surface area (Å²) in [5.41, 5.74) is -0.949. The summed E-state index contributed by atoms with van der Waals surface area (Å²) in [6.45, 7) is 6.05. The van der Waals surface area contributed by atoms with Crippen molar-refractivity contribution >= 4 is 12.0 Å². The van der Waals surface area contributed by atoms with E-state index in [0.29, 0.717) is 13.0 Å². The third-order valence-electron chi connectivity index (χ3n) is 4.26. The first-order valence-corrected chi connectivity index (χ1v) is 6.74. The highest BCUT2D eigenvalue weighted by molar-refractivity contribution is 5.78. The topological polar surface area (TPSA) is 89.9 Å². The van der Waals surface area contributed by atoms with Crippen LogP contribution in [0.25, 0.3) is 0 Å². The number of carboxylic acids is 1. The molecule has 3 N–H and O–H groups in total. The molecular weight excluding hydrogens is 248 g/mol. The van der Waals surface area contributed by atoms with Gasteiger partial charge in [-0.1, -0.05) is 13.8 Å². The van der Waals surface area contributed by atoms with Gasteiger partial charge in [0.05, 0.1) is 18.1 Å². The zero-order valence-corrected chi connectivity index (χ0v) is 11.8. The highest BCUT2D eigenvalue weighted by Crippen LogP contribution is 2.24. The van der Waals surface area contributed by atoms with E-state index < -0.39 is 11.4 Å². The van der Waals surface area contributed by atoms with E-state index in [9.17, 15) is 14.7 Å². The molecule has 0 bridgehead atoms. The van der Waals surface area contributed by atoms with Crippen LogP contribution in [0.15, 0.2) is 0 Å². The van der Waals surface area contributed by atoms with Gasteiger partial charge in [0, 0.05) is 13.1 Å². The summed E-state index contributed by atoms with van der Waals surface area (Å²) in [5.74, 6) is -0.642. The van der Waals surface area contributed by atoms with Crippen LogP contribution in [0, 0.1) is 11.3 Å². The Bertz CT molecular complexity index is 348. The maximum absolute atomic E-state index is 12.1. The van der Waals surface area contributed by atoms with Crippen LogP contribution in [-0.2, 0) is 4.79 Å². The van der Waals surface area contributed by atoms with E-state index in [-0.39, 0.29) is 31.1 Å². The van der Waals surface area contributed by atoms with E-state index in [1.165, 1.54) is 0 Å². The monoisotopic (exact) mass is 272 g/mol. The van der Waals surface area contributed by atoms with Gasteiger partial charge in [0.1, 0.15) is 0 Å². The van der Waals surface area contributed by atoms with Crippen molar-refractivity contribution in [1.29, 1.82) is 0 Å². The molecule has 0 radical (unpaired) electrons. The molecule has 2 amide bonds. The molecule has 1 aliphatic rings. The SMILES string of the molecule is CCC(C)(CNC(=O)N1CCC(C)C1CO)C(=O)O. The van der Waals surface area contributed by atoms with Crippen molar-refractivity contribution in [2.24, 2.45) is 11.3 Å². The van der Waals surface area contributed by atoms with E-state index in [1.54, 1.807) is 18.7 Å². The lowest BCUT2D eigenvalue weighted by Gasteiger charge is -2.28. The van der Waals surface area contributed by atoms with Gasteiger partial charge < -0.3 is 20.4 Å². The molecule has 6 nitrogen and oxygen atoms in total. The molecule has 0 aliphatic carbocycles. The van der Waals surface area contributed by atoms with Gasteiger partial charge in [-0.25, -0.2) is 4.79 Å². The molecule has 6 heteroatoms. The number of nitrogens with one attached hydrogen (secondary N) is 1. The molecule has 1 fully saturated rings. The summed E-state index contributed by atoms with van der Waals surface area (Å²) in [6, 6.07) is -0.456. The van der Waals surface area contributed by atoms with Crippen molar-refractivity contribution in [3.63, 3.8) is 0 Å². The smallest absolute Gasteiger partial charge is 0.317 e. The Labute approximate surface area is 113 Å². The normalized spacial score (nSPS) is 26.0. The predicted molar refractivity (Wildman–Crippen MR) is 70.8 cm³/mol. The van der Waals surface area contributed by atoms with Crippen LogP contribution >= 0.6 is 0 Å². The van der Waals surface area contributed by atoms with E-state index >= 15 is 0 Å². The predicted octanol–water partition coefficient (Wildman–Crippen LogP) is 0.900. The van der Waals surface area contributed by atoms with Crippen molar-refractivity contribution in [3.8, 4) is 0 Å². The van der Waals surface area contributed by atoms with Gasteiger partial charge in [-0.2, -0.15) is 0 Å². The first-order chi connectivity index (χ1) is 8.85. The average Bonchev–Trinajstić information content (AvgIpc) is 2.76. The van der Waals surface area contributed by atoms with E-state index in [4.69, 9.17) is 5.11 Å². The summed E-state index contributed by atoms with van der Waals surface area (Å²) in [6.07, 6.45) is 1.31. The molecule has 1 rings (SSSR count). The number of likely N-dealkylation sites (tertiary alicyclic amines) is 1. The second kappa shape index (κ2) is 6.23. The lowest BCUT2D eigenvalue weighted by atomic mass is 9.88. The first-order valence-electron chi connectivity index (χ1n) is 6.74. The lowest BCUT2D eigenvalue weighted by molar-refractivity contribution is -0.147. The number of aliphatic hydroxyl groups excluding tert-OH is 1. The Hall–Kier alpha value is -1.30. The minimum Gasteiger partial charge on any atom is -0.481 e. The highest BCUT2D eigenvalue weighted by atomic mass is 16.4. The summed E-state index contributed by atoms with van der Waals surface area (Å²) in [7, 11) is 0. The Morgan fingerprint density at radius 2 is 2.11 bits per heavy atom. The van der Waals surface area contributed by atoms with Gasteiger partial charge in [-0.05, 0) is 25.7 Å². The molecule has 0 aromatic carbocycles. The number of carbonyl (C=O) groups is 2. The van der Waals surface area contributed by atoms with E-state index in [1.807, 2.05) is 6.92 Å². The number of hydrogen-bond acceptors (Lipinski definition) is 3. The van der Waals surface area contributed by atoms with Crippen LogP contribution in [0.2, 0.25) is 0 Å². The van der Waals surface area contributed by atoms with Crippen LogP contribution in [0.4, 0.5) is 4.79 Å². The second-order valence-corrected chi connectivity index (χ2v) is 5.59. The number of hydrogen-bond donors (Lipinski definition) is 3. The molecular formula is C13H24N2O4. The number of carbonyl (C=O) groups excluding carboxylic acids is 1. The molecule has 0 aromatic rings. The van der Waals surface area contributed by atoms with Gasteiger partial charge in [-0.3, -0.25) is 4.79 Å². The number of carboxylic acid groups (broad SMARTS) is 1. The second-order valence-electron chi connectivity index (χ2n) is 5.59. The van der Waals surface area contributed by atoms with Gasteiger partial charge in [-0.15, -0.1) is 0 Å². The van der Waals surface area contributed by atoms with Gasteiger partial charge in [0.25, 0.3) is 0 Å². The number of aliphatic hydroxyl groups is 1. The number of urea groups is 1. The maximum atomic E-state index is 12.1. The molecule has 1 saturated heterocycles. The van der Waals surface area contributed by atoms with Gasteiger partial charge in [0.2, 0.25) is 0 Å². The first kappa shape index (κ1) is 15.8. The number of rotatable bonds is 5. The third-order valence-corrected chi connectivity index (χ3v) is 4.26. The zero-order valence-electron chi connectivity index (χ0n) is 11.8. The summed E-state index contributed by atoms with van der Waals surface area (Å²) >= 11 is 0. The van der Waals surface area contributed by atoms with E-state index in [2.05, 4.69) is 5.32 Å². The Kier molecular flexibility index (Phi) is 5.17. The van der Waals surface area contributed by atoms with Crippen LogP contribution in [0.5, 0.6) is 0 Å². The van der Waals surface area contributed by atoms with Crippen molar-refractivity contribution < 1.29 is 19.8 Å². The van der Waals surface area contributed by atoms with Crippen LogP contribution in [-0.4, -0.2) is 52.9 Å².